The fraction of sp³-hybridized carbons (Fsp3) is 0.419. The molecule has 1 radical (unpaired) electrons. The number of aliphatic hydroxyl groups excluding tert-OH is 1. The van der Waals surface area contributed by atoms with Crippen molar-refractivity contribution in [2.75, 3.05) is 0 Å². The molecule has 2 aromatic heterocycles. The molecule has 0 amide bonds. The standard InChI is InChI=1S/C31H40N3O2Si/c1-9-26-33-27-20(2)17-21(3)32-30(27)34(26)19-22-11-10-12-25(18-22)28(35)23-13-15-24(16-14-23)29(31(4,5)6)36-37(7)8/h10-18,28-29,35H,9,19H2,1-8H3. The fourth-order valence-electron chi connectivity index (χ4n) is 4.95. The summed E-state index contributed by atoms with van der Waals surface area (Å²) in [7, 11) is -0.841. The van der Waals surface area contributed by atoms with Gasteiger partial charge in [-0.25, -0.2) is 9.97 Å². The van der Waals surface area contributed by atoms with Crippen LogP contribution in [0.1, 0.15) is 79.2 Å². The second-order valence-corrected chi connectivity index (χ2v) is 13.4. The molecule has 0 aliphatic heterocycles. The second kappa shape index (κ2) is 10.9. The van der Waals surface area contributed by atoms with Crippen LogP contribution in [0.2, 0.25) is 13.1 Å². The Hall–Kier alpha value is -2.80. The minimum atomic E-state index is -0.841. The van der Waals surface area contributed by atoms with Crippen LogP contribution in [-0.4, -0.2) is 28.7 Å². The van der Waals surface area contributed by atoms with Crippen molar-refractivity contribution in [2.24, 2.45) is 5.41 Å². The molecule has 0 aliphatic rings. The smallest absolute Gasteiger partial charge is 0.205 e. The number of rotatable bonds is 8. The number of pyridine rings is 1. The number of nitrogens with zero attached hydrogens (tertiary/aromatic N) is 3. The van der Waals surface area contributed by atoms with E-state index < -0.39 is 15.1 Å². The van der Waals surface area contributed by atoms with Gasteiger partial charge in [0.25, 0.3) is 0 Å². The van der Waals surface area contributed by atoms with Gasteiger partial charge in [-0.05, 0) is 66.2 Å². The van der Waals surface area contributed by atoms with Crippen molar-refractivity contribution in [3.8, 4) is 0 Å². The first kappa shape index (κ1) is 27.2. The molecular weight excluding hydrogens is 474 g/mol. The van der Waals surface area contributed by atoms with Gasteiger partial charge in [0.2, 0.25) is 9.04 Å². The van der Waals surface area contributed by atoms with E-state index in [4.69, 9.17) is 14.4 Å². The van der Waals surface area contributed by atoms with E-state index in [1.54, 1.807) is 0 Å². The van der Waals surface area contributed by atoms with Gasteiger partial charge in [0.15, 0.2) is 5.65 Å². The number of hydrogen-bond donors (Lipinski definition) is 1. The summed E-state index contributed by atoms with van der Waals surface area (Å²) in [5.41, 5.74) is 8.06. The van der Waals surface area contributed by atoms with Crippen molar-refractivity contribution >= 4 is 20.2 Å². The van der Waals surface area contributed by atoms with Gasteiger partial charge in [-0.1, -0.05) is 76.2 Å². The molecule has 0 saturated heterocycles. The summed E-state index contributed by atoms with van der Waals surface area (Å²) in [5.74, 6) is 1.03. The molecular formula is C31H40N3O2Si. The Morgan fingerprint density at radius 1 is 0.946 bits per heavy atom. The summed E-state index contributed by atoms with van der Waals surface area (Å²) in [5, 5.41) is 11.3. The average Bonchev–Trinajstić information content (AvgIpc) is 3.19. The van der Waals surface area contributed by atoms with Crippen molar-refractivity contribution in [3.05, 3.63) is 93.9 Å². The quantitative estimate of drug-likeness (QED) is 0.255. The van der Waals surface area contributed by atoms with E-state index in [1.165, 1.54) is 0 Å². The molecule has 37 heavy (non-hydrogen) atoms. The number of hydrogen-bond acceptors (Lipinski definition) is 4. The molecule has 2 aromatic carbocycles. The van der Waals surface area contributed by atoms with E-state index in [1.807, 2.05) is 31.2 Å². The van der Waals surface area contributed by atoms with Crippen LogP contribution in [0.5, 0.6) is 0 Å². The van der Waals surface area contributed by atoms with Crippen LogP contribution in [0.15, 0.2) is 54.6 Å². The molecule has 6 heteroatoms. The number of aliphatic hydroxyl groups is 1. The zero-order valence-electron chi connectivity index (χ0n) is 23.5. The van der Waals surface area contributed by atoms with E-state index in [2.05, 4.69) is 82.6 Å². The number of aromatic nitrogens is 3. The molecule has 0 saturated carbocycles. The van der Waals surface area contributed by atoms with Crippen LogP contribution in [0.3, 0.4) is 0 Å². The Bertz CT molecular complexity index is 1370. The molecule has 0 spiro atoms. The maximum Gasteiger partial charge on any atom is 0.205 e. The van der Waals surface area contributed by atoms with Crippen molar-refractivity contribution in [1.82, 2.24) is 14.5 Å². The highest BCUT2D eigenvalue weighted by molar-refractivity contribution is 6.48. The zero-order chi connectivity index (χ0) is 26.9. The van der Waals surface area contributed by atoms with Gasteiger partial charge in [0.05, 0.1) is 12.6 Å². The molecule has 1 N–H and O–H groups in total. The van der Waals surface area contributed by atoms with Gasteiger partial charge < -0.3 is 14.1 Å². The zero-order valence-corrected chi connectivity index (χ0v) is 24.5. The maximum absolute atomic E-state index is 11.3. The molecule has 4 rings (SSSR count). The van der Waals surface area contributed by atoms with Crippen molar-refractivity contribution in [1.29, 1.82) is 0 Å². The normalized spacial score (nSPS) is 13.9. The van der Waals surface area contributed by atoms with Crippen molar-refractivity contribution in [2.45, 2.75) is 79.8 Å². The molecule has 5 nitrogen and oxygen atoms in total. The van der Waals surface area contributed by atoms with Gasteiger partial charge in [-0.15, -0.1) is 0 Å². The van der Waals surface area contributed by atoms with Gasteiger partial charge in [-0.2, -0.15) is 0 Å². The van der Waals surface area contributed by atoms with Crippen molar-refractivity contribution in [3.63, 3.8) is 0 Å². The topological polar surface area (TPSA) is 60.2 Å². The SMILES string of the molecule is CCc1nc2c(C)cc(C)nc2n1Cc1cccc(C(O)c2ccc(C(O[Si](C)C)C(C)(C)C)cc2)c1. The lowest BCUT2D eigenvalue weighted by atomic mass is 9.84. The van der Waals surface area contributed by atoms with Crippen LogP contribution < -0.4 is 0 Å². The second-order valence-electron chi connectivity index (χ2n) is 11.3. The minimum Gasteiger partial charge on any atom is -0.410 e. The van der Waals surface area contributed by atoms with Gasteiger partial charge in [-0.3, -0.25) is 0 Å². The number of fused-ring (bicyclic) bond motifs is 1. The molecule has 0 fully saturated rings. The summed E-state index contributed by atoms with van der Waals surface area (Å²) < 4.78 is 8.55. The van der Waals surface area contributed by atoms with Gasteiger partial charge >= 0.3 is 0 Å². The first-order valence-electron chi connectivity index (χ1n) is 13.1. The largest absolute Gasteiger partial charge is 0.410 e. The summed E-state index contributed by atoms with van der Waals surface area (Å²) in [6, 6.07) is 18.6. The van der Waals surface area contributed by atoms with Gasteiger partial charge in [0, 0.05) is 12.1 Å². The van der Waals surface area contributed by atoms with Crippen LogP contribution in [-0.2, 0) is 17.4 Å². The number of aryl methyl sites for hydroxylation is 3. The summed E-state index contributed by atoms with van der Waals surface area (Å²) in [6.45, 7) is 17.9. The lowest BCUT2D eigenvalue weighted by molar-refractivity contribution is 0.0865. The molecule has 0 aliphatic carbocycles. The minimum absolute atomic E-state index is 0.00280. The number of benzene rings is 2. The Labute approximate surface area is 223 Å². The van der Waals surface area contributed by atoms with E-state index in [0.29, 0.717) is 6.54 Å². The lowest BCUT2D eigenvalue weighted by Crippen LogP contribution is -2.25. The molecule has 4 aromatic rings. The van der Waals surface area contributed by atoms with E-state index in [9.17, 15) is 5.11 Å². The summed E-state index contributed by atoms with van der Waals surface area (Å²) in [4.78, 5) is 9.68. The lowest BCUT2D eigenvalue weighted by Gasteiger charge is -2.33. The third-order valence-electron chi connectivity index (χ3n) is 6.72. The highest BCUT2D eigenvalue weighted by Gasteiger charge is 2.28. The highest BCUT2D eigenvalue weighted by Crippen LogP contribution is 2.37. The maximum atomic E-state index is 11.3. The first-order chi connectivity index (χ1) is 17.5. The molecule has 195 valence electrons. The Morgan fingerprint density at radius 3 is 2.24 bits per heavy atom. The monoisotopic (exact) mass is 514 g/mol. The number of imidazole rings is 1. The van der Waals surface area contributed by atoms with Crippen LogP contribution in [0, 0.1) is 19.3 Å². The van der Waals surface area contributed by atoms with Gasteiger partial charge in [0.1, 0.15) is 17.4 Å². The Balaban J connectivity index is 1.60. The molecule has 2 heterocycles. The highest BCUT2D eigenvalue weighted by atomic mass is 28.3. The van der Waals surface area contributed by atoms with E-state index in [0.717, 1.165) is 56.9 Å². The van der Waals surface area contributed by atoms with E-state index >= 15 is 0 Å². The van der Waals surface area contributed by atoms with Crippen molar-refractivity contribution < 1.29 is 9.53 Å². The van der Waals surface area contributed by atoms with Crippen LogP contribution >= 0.6 is 0 Å². The van der Waals surface area contributed by atoms with Crippen LogP contribution in [0.4, 0.5) is 0 Å². The third-order valence-corrected chi connectivity index (χ3v) is 7.43. The fourth-order valence-corrected chi connectivity index (χ4v) is 5.92. The predicted molar refractivity (Wildman–Crippen MR) is 153 cm³/mol. The predicted octanol–water partition coefficient (Wildman–Crippen LogP) is 7.10. The summed E-state index contributed by atoms with van der Waals surface area (Å²) >= 11 is 0. The Kier molecular flexibility index (Phi) is 8.02. The summed E-state index contributed by atoms with van der Waals surface area (Å²) in [6.07, 6.45) is 0.166. The van der Waals surface area contributed by atoms with Crippen LogP contribution in [0.25, 0.3) is 11.2 Å². The first-order valence-corrected chi connectivity index (χ1v) is 15.6. The molecule has 2 atom stereocenters. The molecule has 2 unspecified atom stereocenters. The Morgan fingerprint density at radius 2 is 1.62 bits per heavy atom. The molecule has 0 bridgehead atoms. The average molecular weight is 515 g/mol. The van der Waals surface area contributed by atoms with E-state index in [-0.39, 0.29) is 11.5 Å². The third kappa shape index (κ3) is 6.03.